The molecular weight excluding hydrogens is 234 g/mol. The number of rotatable bonds is 4. The van der Waals surface area contributed by atoms with Gasteiger partial charge in [-0.3, -0.25) is 0 Å². The first kappa shape index (κ1) is 13.5. The number of benzene rings is 2. The SMILES string of the molecule is CCC(C)c1ccc(Oc2cc(C)ccc2N)cc1. The first-order chi connectivity index (χ1) is 9.10. The van der Waals surface area contributed by atoms with E-state index in [9.17, 15) is 0 Å². The summed E-state index contributed by atoms with van der Waals surface area (Å²) in [6.45, 7) is 6.45. The number of ether oxygens (including phenoxy) is 1. The molecule has 19 heavy (non-hydrogen) atoms. The molecule has 0 bridgehead atoms. The maximum atomic E-state index is 5.91. The second-order valence-corrected chi connectivity index (χ2v) is 5.02. The van der Waals surface area contributed by atoms with Gasteiger partial charge in [-0.1, -0.05) is 32.0 Å². The average molecular weight is 255 g/mol. The highest BCUT2D eigenvalue weighted by molar-refractivity contribution is 5.55. The predicted molar refractivity (Wildman–Crippen MR) is 80.8 cm³/mol. The summed E-state index contributed by atoms with van der Waals surface area (Å²) in [6, 6.07) is 14.1. The Morgan fingerprint density at radius 3 is 2.42 bits per heavy atom. The van der Waals surface area contributed by atoms with E-state index in [0.717, 1.165) is 23.5 Å². The molecule has 2 aromatic rings. The Hall–Kier alpha value is -1.96. The van der Waals surface area contributed by atoms with Crippen LogP contribution in [0.15, 0.2) is 42.5 Å². The highest BCUT2D eigenvalue weighted by Gasteiger charge is 2.05. The Morgan fingerprint density at radius 2 is 1.79 bits per heavy atom. The lowest BCUT2D eigenvalue weighted by atomic mass is 9.99. The van der Waals surface area contributed by atoms with E-state index < -0.39 is 0 Å². The number of nitrogens with two attached hydrogens (primary N) is 1. The molecule has 0 fully saturated rings. The molecule has 0 aliphatic rings. The van der Waals surface area contributed by atoms with Gasteiger partial charge < -0.3 is 10.5 Å². The zero-order chi connectivity index (χ0) is 13.8. The Morgan fingerprint density at radius 1 is 1.11 bits per heavy atom. The summed E-state index contributed by atoms with van der Waals surface area (Å²) in [5, 5.41) is 0. The Bertz CT molecular complexity index is 546. The molecule has 2 aromatic carbocycles. The smallest absolute Gasteiger partial charge is 0.150 e. The van der Waals surface area contributed by atoms with Crippen LogP contribution >= 0.6 is 0 Å². The number of hydrogen-bond donors (Lipinski definition) is 1. The Balaban J connectivity index is 2.17. The fraction of sp³-hybridized carbons (Fsp3) is 0.294. The summed E-state index contributed by atoms with van der Waals surface area (Å²) >= 11 is 0. The van der Waals surface area contributed by atoms with Crippen LogP contribution in [0.2, 0.25) is 0 Å². The lowest BCUT2D eigenvalue weighted by Gasteiger charge is -2.12. The van der Waals surface area contributed by atoms with Crippen LogP contribution in [0.5, 0.6) is 11.5 Å². The molecule has 2 rings (SSSR count). The van der Waals surface area contributed by atoms with Crippen molar-refractivity contribution in [2.45, 2.75) is 33.1 Å². The van der Waals surface area contributed by atoms with Crippen LogP contribution in [0.4, 0.5) is 5.69 Å². The molecule has 100 valence electrons. The van der Waals surface area contributed by atoms with Gasteiger partial charge in [0.15, 0.2) is 5.75 Å². The summed E-state index contributed by atoms with van der Waals surface area (Å²) in [4.78, 5) is 0. The zero-order valence-corrected chi connectivity index (χ0v) is 11.8. The Kier molecular flexibility index (Phi) is 4.10. The molecule has 0 aliphatic heterocycles. The molecule has 0 saturated carbocycles. The van der Waals surface area contributed by atoms with E-state index in [1.165, 1.54) is 5.56 Å². The van der Waals surface area contributed by atoms with E-state index >= 15 is 0 Å². The summed E-state index contributed by atoms with van der Waals surface area (Å²) in [6.07, 6.45) is 1.14. The third-order valence-electron chi connectivity index (χ3n) is 3.46. The van der Waals surface area contributed by atoms with Crippen molar-refractivity contribution in [2.75, 3.05) is 5.73 Å². The van der Waals surface area contributed by atoms with Gasteiger partial charge in [-0.25, -0.2) is 0 Å². The number of aryl methyl sites for hydroxylation is 1. The van der Waals surface area contributed by atoms with Crippen LogP contribution in [0.25, 0.3) is 0 Å². The number of nitrogen functional groups attached to an aromatic ring is 1. The minimum Gasteiger partial charge on any atom is -0.455 e. The second-order valence-electron chi connectivity index (χ2n) is 5.02. The van der Waals surface area contributed by atoms with Crippen LogP contribution in [-0.2, 0) is 0 Å². The molecule has 0 heterocycles. The van der Waals surface area contributed by atoms with Crippen LogP contribution in [-0.4, -0.2) is 0 Å². The van der Waals surface area contributed by atoms with Gasteiger partial charge in [-0.05, 0) is 54.7 Å². The monoisotopic (exact) mass is 255 g/mol. The zero-order valence-electron chi connectivity index (χ0n) is 11.8. The van der Waals surface area contributed by atoms with E-state index in [0.29, 0.717) is 11.6 Å². The van der Waals surface area contributed by atoms with E-state index in [4.69, 9.17) is 10.5 Å². The van der Waals surface area contributed by atoms with E-state index in [-0.39, 0.29) is 0 Å². The summed E-state index contributed by atoms with van der Waals surface area (Å²) in [7, 11) is 0. The van der Waals surface area contributed by atoms with Gasteiger partial charge in [0.2, 0.25) is 0 Å². The molecular formula is C17H21NO. The topological polar surface area (TPSA) is 35.2 Å². The standard InChI is InChI=1S/C17H21NO/c1-4-13(3)14-6-8-15(9-7-14)19-17-11-12(2)5-10-16(17)18/h5-11,13H,4,18H2,1-3H3. The van der Waals surface area contributed by atoms with Crippen molar-refractivity contribution in [3.05, 3.63) is 53.6 Å². The summed E-state index contributed by atoms with van der Waals surface area (Å²) in [5.41, 5.74) is 9.05. The van der Waals surface area contributed by atoms with E-state index in [2.05, 4.69) is 26.0 Å². The lowest BCUT2D eigenvalue weighted by molar-refractivity contribution is 0.484. The fourth-order valence-electron chi connectivity index (χ4n) is 1.96. The molecule has 1 unspecified atom stereocenters. The van der Waals surface area contributed by atoms with Crippen molar-refractivity contribution in [3.63, 3.8) is 0 Å². The second kappa shape index (κ2) is 5.79. The molecule has 2 N–H and O–H groups in total. The maximum absolute atomic E-state index is 5.91. The van der Waals surface area contributed by atoms with E-state index in [1.807, 2.05) is 37.3 Å². The van der Waals surface area contributed by atoms with Gasteiger partial charge in [-0.2, -0.15) is 0 Å². The van der Waals surface area contributed by atoms with Gasteiger partial charge in [-0.15, -0.1) is 0 Å². The predicted octanol–water partition coefficient (Wildman–Crippen LogP) is 4.88. The van der Waals surface area contributed by atoms with Gasteiger partial charge in [0.05, 0.1) is 5.69 Å². The molecule has 0 spiro atoms. The largest absolute Gasteiger partial charge is 0.455 e. The third-order valence-corrected chi connectivity index (χ3v) is 3.46. The minimum atomic E-state index is 0.582. The van der Waals surface area contributed by atoms with E-state index in [1.54, 1.807) is 0 Å². The number of hydrogen-bond acceptors (Lipinski definition) is 2. The number of anilines is 1. The van der Waals surface area contributed by atoms with Crippen molar-refractivity contribution < 1.29 is 4.74 Å². The van der Waals surface area contributed by atoms with Gasteiger partial charge in [0, 0.05) is 0 Å². The molecule has 2 heteroatoms. The maximum Gasteiger partial charge on any atom is 0.150 e. The highest BCUT2D eigenvalue weighted by Crippen LogP contribution is 2.29. The molecule has 0 aromatic heterocycles. The van der Waals surface area contributed by atoms with Crippen LogP contribution in [0, 0.1) is 6.92 Å². The van der Waals surface area contributed by atoms with Crippen molar-refractivity contribution in [3.8, 4) is 11.5 Å². The minimum absolute atomic E-state index is 0.582. The molecule has 0 radical (unpaired) electrons. The quantitative estimate of drug-likeness (QED) is 0.790. The summed E-state index contributed by atoms with van der Waals surface area (Å²) in [5.74, 6) is 2.12. The normalized spacial score (nSPS) is 12.2. The van der Waals surface area contributed by atoms with Crippen LogP contribution < -0.4 is 10.5 Å². The van der Waals surface area contributed by atoms with Crippen molar-refractivity contribution in [1.29, 1.82) is 0 Å². The van der Waals surface area contributed by atoms with Crippen LogP contribution in [0.1, 0.15) is 37.3 Å². The molecule has 2 nitrogen and oxygen atoms in total. The fourth-order valence-corrected chi connectivity index (χ4v) is 1.96. The van der Waals surface area contributed by atoms with Crippen LogP contribution in [0.3, 0.4) is 0 Å². The van der Waals surface area contributed by atoms with Gasteiger partial charge in [0.25, 0.3) is 0 Å². The molecule has 0 aliphatic carbocycles. The van der Waals surface area contributed by atoms with Crippen molar-refractivity contribution in [1.82, 2.24) is 0 Å². The molecule has 0 amide bonds. The first-order valence-corrected chi connectivity index (χ1v) is 6.74. The first-order valence-electron chi connectivity index (χ1n) is 6.74. The van der Waals surface area contributed by atoms with Gasteiger partial charge >= 0.3 is 0 Å². The summed E-state index contributed by atoms with van der Waals surface area (Å²) < 4.78 is 5.83. The average Bonchev–Trinajstić information content (AvgIpc) is 2.43. The Labute approximate surface area is 115 Å². The molecule has 0 saturated heterocycles. The third kappa shape index (κ3) is 3.28. The molecule has 1 atom stereocenters. The van der Waals surface area contributed by atoms with Crippen molar-refractivity contribution >= 4 is 5.69 Å². The van der Waals surface area contributed by atoms with Crippen molar-refractivity contribution in [2.24, 2.45) is 0 Å². The van der Waals surface area contributed by atoms with Gasteiger partial charge in [0.1, 0.15) is 5.75 Å². The highest BCUT2D eigenvalue weighted by atomic mass is 16.5. The lowest BCUT2D eigenvalue weighted by Crippen LogP contribution is -1.94.